The van der Waals surface area contributed by atoms with Gasteiger partial charge in [0.15, 0.2) is 17.6 Å². The number of carbonyl (C=O) groups is 1. The molecule has 3 heterocycles. The number of hydrogen-bond donors (Lipinski definition) is 2. The predicted octanol–water partition coefficient (Wildman–Crippen LogP) is 2.56. The Kier molecular flexibility index (Phi) is 8.70. The molecular formula is C23H30FIN6O2. The lowest BCUT2D eigenvalue weighted by Crippen LogP contribution is -2.47. The molecule has 0 spiro atoms. The van der Waals surface area contributed by atoms with E-state index in [9.17, 15) is 9.18 Å². The van der Waals surface area contributed by atoms with Crippen molar-refractivity contribution in [3.8, 4) is 5.75 Å². The van der Waals surface area contributed by atoms with Crippen molar-refractivity contribution in [2.24, 2.45) is 4.99 Å². The van der Waals surface area contributed by atoms with Crippen molar-refractivity contribution in [3.63, 3.8) is 0 Å². The highest BCUT2D eigenvalue weighted by atomic mass is 127. The number of halogens is 2. The standard InChI is InChI=1S/C23H29FN6O2.HI/c1-29(2)21(31)14-26-23(28-19-10-13-32-20-8-4-3-6-17(19)20)27-16-9-12-30(15-16)22-18(24)7-5-11-25-22;/h3-8,11,16,19H,9-10,12-15H2,1-2H3,(H2,26,27,28);1H. The van der Waals surface area contributed by atoms with Crippen LogP contribution in [0.2, 0.25) is 0 Å². The van der Waals surface area contributed by atoms with Crippen molar-refractivity contribution in [1.82, 2.24) is 20.5 Å². The fraction of sp³-hybridized carbons (Fsp3) is 0.435. The van der Waals surface area contributed by atoms with E-state index in [1.54, 1.807) is 26.4 Å². The topological polar surface area (TPSA) is 82.1 Å². The fourth-order valence-corrected chi connectivity index (χ4v) is 3.95. The van der Waals surface area contributed by atoms with Crippen LogP contribution < -0.4 is 20.3 Å². The maximum Gasteiger partial charge on any atom is 0.243 e. The number of pyridine rings is 1. The Morgan fingerprint density at radius 1 is 1.24 bits per heavy atom. The molecule has 178 valence electrons. The molecule has 1 aromatic carbocycles. The smallest absolute Gasteiger partial charge is 0.243 e. The maximum atomic E-state index is 14.2. The average Bonchev–Trinajstić information content (AvgIpc) is 3.26. The Hall–Kier alpha value is -2.63. The average molecular weight is 568 g/mol. The number of anilines is 1. The van der Waals surface area contributed by atoms with E-state index in [-0.39, 0.29) is 54.3 Å². The number of hydrogen-bond acceptors (Lipinski definition) is 5. The van der Waals surface area contributed by atoms with Crippen molar-refractivity contribution >= 4 is 41.7 Å². The summed E-state index contributed by atoms with van der Waals surface area (Å²) in [6, 6.07) is 11.0. The highest BCUT2D eigenvalue weighted by Gasteiger charge is 2.28. The second-order valence-electron chi connectivity index (χ2n) is 8.21. The van der Waals surface area contributed by atoms with Crippen LogP contribution >= 0.6 is 24.0 Å². The number of likely N-dealkylation sites (N-methyl/N-ethyl adjacent to an activating group) is 1. The number of carbonyl (C=O) groups excluding carboxylic acids is 1. The number of guanidine groups is 1. The third-order valence-corrected chi connectivity index (χ3v) is 5.71. The van der Waals surface area contributed by atoms with Crippen LogP contribution in [0.4, 0.5) is 10.2 Å². The lowest BCUT2D eigenvalue weighted by Gasteiger charge is -2.29. The molecule has 2 aliphatic heterocycles. The molecule has 2 N–H and O–H groups in total. The van der Waals surface area contributed by atoms with E-state index in [4.69, 9.17) is 4.74 Å². The van der Waals surface area contributed by atoms with E-state index >= 15 is 0 Å². The molecule has 0 aliphatic carbocycles. The van der Waals surface area contributed by atoms with Gasteiger partial charge in [-0.25, -0.2) is 14.4 Å². The first kappa shape index (κ1) is 25.0. The van der Waals surface area contributed by atoms with Crippen molar-refractivity contribution in [1.29, 1.82) is 0 Å². The van der Waals surface area contributed by atoms with Gasteiger partial charge in [-0.2, -0.15) is 0 Å². The molecule has 4 rings (SSSR count). The van der Waals surface area contributed by atoms with Gasteiger partial charge in [-0.05, 0) is 24.6 Å². The molecule has 2 atom stereocenters. The molecule has 1 saturated heterocycles. The number of aliphatic imine (C=N–C) groups is 1. The second-order valence-corrected chi connectivity index (χ2v) is 8.21. The normalized spacial score (nSPS) is 19.7. The zero-order valence-corrected chi connectivity index (χ0v) is 21.2. The minimum Gasteiger partial charge on any atom is -0.493 e. The number of para-hydroxylation sites is 1. The van der Waals surface area contributed by atoms with Gasteiger partial charge in [0.25, 0.3) is 0 Å². The third kappa shape index (κ3) is 6.24. The largest absolute Gasteiger partial charge is 0.493 e. The van der Waals surface area contributed by atoms with Crippen LogP contribution in [0, 0.1) is 5.82 Å². The summed E-state index contributed by atoms with van der Waals surface area (Å²) in [7, 11) is 3.42. The third-order valence-electron chi connectivity index (χ3n) is 5.71. The molecule has 2 unspecified atom stereocenters. The Balaban J connectivity index is 0.00000306. The summed E-state index contributed by atoms with van der Waals surface area (Å²) in [5.41, 5.74) is 1.07. The summed E-state index contributed by atoms with van der Waals surface area (Å²) in [6.45, 7) is 1.93. The first-order valence-corrected chi connectivity index (χ1v) is 10.9. The van der Waals surface area contributed by atoms with Gasteiger partial charge in [0, 0.05) is 51.4 Å². The van der Waals surface area contributed by atoms with Crippen LogP contribution in [-0.4, -0.2) is 68.1 Å². The molecule has 0 bridgehead atoms. The molecule has 2 aliphatic rings. The van der Waals surface area contributed by atoms with Crippen LogP contribution in [-0.2, 0) is 4.79 Å². The number of ether oxygens (including phenoxy) is 1. The molecule has 1 aromatic heterocycles. The molecule has 0 radical (unpaired) electrons. The second kappa shape index (κ2) is 11.5. The Morgan fingerprint density at radius 2 is 2.06 bits per heavy atom. The van der Waals surface area contributed by atoms with Crippen LogP contribution in [0.1, 0.15) is 24.4 Å². The molecule has 1 fully saturated rings. The fourth-order valence-electron chi connectivity index (χ4n) is 3.95. The predicted molar refractivity (Wildman–Crippen MR) is 137 cm³/mol. The lowest BCUT2D eigenvalue weighted by molar-refractivity contribution is -0.127. The molecule has 33 heavy (non-hydrogen) atoms. The van der Waals surface area contributed by atoms with E-state index in [2.05, 4.69) is 20.6 Å². The molecule has 0 saturated carbocycles. The van der Waals surface area contributed by atoms with Gasteiger partial charge in [0.1, 0.15) is 12.3 Å². The number of nitrogens with one attached hydrogen (secondary N) is 2. The minimum absolute atomic E-state index is 0. The van der Waals surface area contributed by atoms with Crippen LogP contribution in [0.5, 0.6) is 5.75 Å². The lowest BCUT2D eigenvalue weighted by atomic mass is 10.0. The van der Waals surface area contributed by atoms with Crippen LogP contribution in [0.25, 0.3) is 0 Å². The quantitative estimate of drug-likeness (QED) is 0.328. The van der Waals surface area contributed by atoms with Gasteiger partial charge in [-0.1, -0.05) is 18.2 Å². The summed E-state index contributed by atoms with van der Waals surface area (Å²) in [6.07, 6.45) is 3.20. The first-order valence-electron chi connectivity index (χ1n) is 10.9. The van der Waals surface area contributed by atoms with Gasteiger partial charge in [0.05, 0.1) is 12.6 Å². The highest BCUT2D eigenvalue weighted by molar-refractivity contribution is 14.0. The summed E-state index contributed by atoms with van der Waals surface area (Å²) < 4.78 is 19.9. The Labute approximate surface area is 210 Å². The zero-order chi connectivity index (χ0) is 22.5. The molecule has 2 aromatic rings. The summed E-state index contributed by atoms with van der Waals surface area (Å²) >= 11 is 0. The Bertz CT molecular complexity index is 989. The molecular weight excluding hydrogens is 538 g/mol. The van der Waals surface area contributed by atoms with E-state index in [1.165, 1.54) is 11.0 Å². The van der Waals surface area contributed by atoms with Gasteiger partial charge in [0.2, 0.25) is 5.91 Å². The van der Waals surface area contributed by atoms with Gasteiger partial charge < -0.3 is 25.2 Å². The molecule has 8 nitrogen and oxygen atoms in total. The number of benzene rings is 1. The van der Waals surface area contributed by atoms with E-state index in [0.29, 0.717) is 31.5 Å². The number of aromatic nitrogens is 1. The van der Waals surface area contributed by atoms with Crippen molar-refractivity contribution in [2.45, 2.75) is 24.9 Å². The number of fused-ring (bicyclic) bond motifs is 1. The first-order chi connectivity index (χ1) is 15.5. The SMILES string of the molecule is CN(C)C(=O)CN=C(NC1CCN(c2ncccc2F)C1)NC1CCOc2ccccc21.I. The molecule has 1 amide bonds. The van der Waals surface area contributed by atoms with E-state index in [1.807, 2.05) is 29.2 Å². The van der Waals surface area contributed by atoms with Crippen LogP contribution in [0.15, 0.2) is 47.6 Å². The summed E-state index contributed by atoms with van der Waals surface area (Å²) in [5, 5.41) is 6.92. The van der Waals surface area contributed by atoms with E-state index < -0.39 is 0 Å². The summed E-state index contributed by atoms with van der Waals surface area (Å²) in [5.74, 6) is 1.38. The monoisotopic (exact) mass is 568 g/mol. The maximum absolute atomic E-state index is 14.2. The molecule has 10 heteroatoms. The van der Waals surface area contributed by atoms with E-state index in [0.717, 1.165) is 24.2 Å². The minimum atomic E-state index is -0.324. The van der Waals surface area contributed by atoms with Crippen molar-refractivity contribution in [2.75, 3.05) is 45.2 Å². The van der Waals surface area contributed by atoms with Crippen LogP contribution in [0.3, 0.4) is 0 Å². The van der Waals surface area contributed by atoms with Gasteiger partial charge in [-0.3, -0.25) is 4.79 Å². The number of nitrogens with zero attached hydrogens (tertiary/aromatic N) is 4. The summed E-state index contributed by atoms with van der Waals surface area (Å²) in [4.78, 5) is 24.3. The number of rotatable bonds is 5. The van der Waals surface area contributed by atoms with Crippen molar-refractivity contribution < 1.29 is 13.9 Å². The Morgan fingerprint density at radius 3 is 2.85 bits per heavy atom. The van der Waals surface area contributed by atoms with Gasteiger partial charge >= 0.3 is 0 Å². The van der Waals surface area contributed by atoms with Gasteiger partial charge in [-0.15, -0.1) is 24.0 Å². The zero-order valence-electron chi connectivity index (χ0n) is 18.8. The van der Waals surface area contributed by atoms with Crippen molar-refractivity contribution in [3.05, 3.63) is 54.0 Å². The number of amides is 1. The highest BCUT2D eigenvalue weighted by Crippen LogP contribution is 2.31.